The highest BCUT2D eigenvalue weighted by Crippen LogP contribution is 2.40. The molecule has 0 aromatic heterocycles. The molecule has 0 saturated carbocycles. The molecule has 7 heteroatoms. The van der Waals surface area contributed by atoms with Gasteiger partial charge in [0.1, 0.15) is 18.0 Å². The molecule has 1 heterocycles. The number of benzene rings is 2. The lowest BCUT2D eigenvalue weighted by Gasteiger charge is -2.23. The van der Waals surface area contributed by atoms with Crippen LogP contribution in [0.5, 0.6) is 5.75 Å². The van der Waals surface area contributed by atoms with Gasteiger partial charge in [0.25, 0.3) is 5.91 Å². The van der Waals surface area contributed by atoms with Gasteiger partial charge in [0.05, 0.1) is 13.5 Å². The average molecular weight is 420 g/mol. The number of halogens is 1. The van der Waals surface area contributed by atoms with Gasteiger partial charge in [-0.15, -0.1) is 0 Å². The molecule has 0 saturated heterocycles. The molecule has 26 heavy (non-hydrogen) atoms. The SMILES string of the molecule is COc1cccc([C@H]2O[C@H](CC(=O)O)C(=O)Nc3ccc(Br)cc32)c1C. The predicted molar refractivity (Wildman–Crippen MR) is 99.5 cm³/mol. The lowest BCUT2D eigenvalue weighted by Crippen LogP contribution is -2.31. The van der Waals surface area contributed by atoms with Crippen molar-refractivity contribution in [3.8, 4) is 5.75 Å². The zero-order valence-electron chi connectivity index (χ0n) is 14.3. The van der Waals surface area contributed by atoms with Gasteiger partial charge < -0.3 is 19.9 Å². The standard InChI is InChI=1S/C19H18BrNO5/c1-10-12(4-3-5-15(10)25-2)18-13-8-11(20)6-7-14(13)21-19(24)16(26-18)9-17(22)23/h3-8,16,18H,9H2,1-2H3,(H,21,24)(H,22,23)/t16-,18-/m1/s1. The van der Waals surface area contributed by atoms with Crippen molar-refractivity contribution in [1.82, 2.24) is 0 Å². The molecule has 2 aromatic carbocycles. The number of carbonyl (C=O) groups excluding carboxylic acids is 1. The molecule has 2 atom stereocenters. The normalized spacial score (nSPS) is 19.3. The minimum Gasteiger partial charge on any atom is -0.496 e. The fourth-order valence-electron chi connectivity index (χ4n) is 3.05. The van der Waals surface area contributed by atoms with Crippen LogP contribution in [0.4, 0.5) is 5.69 Å². The molecule has 136 valence electrons. The van der Waals surface area contributed by atoms with Crippen LogP contribution in [0.2, 0.25) is 0 Å². The molecule has 0 fully saturated rings. The predicted octanol–water partition coefficient (Wildman–Crippen LogP) is 3.67. The van der Waals surface area contributed by atoms with Crippen molar-refractivity contribution in [2.45, 2.75) is 25.6 Å². The molecular weight excluding hydrogens is 402 g/mol. The van der Waals surface area contributed by atoms with Gasteiger partial charge in [0.2, 0.25) is 0 Å². The molecule has 0 aliphatic carbocycles. The van der Waals surface area contributed by atoms with Crippen LogP contribution in [-0.4, -0.2) is 30.2 Å². The Bertz CT molecular complexity index is 867. The Hall–Kier alpha value is -2.38. The van der Waals surface area contributed by atoms with Gasteiger partial charge in [-0.1, -0.05) is 28.1 Å². The third-order valence-corrected chi connectivity index (χ3v) is 4.83. The van der Waals surface area contributed by atoms with E-state index >= 15 is 0 Å². The Morgan fingerprint density at radius 2 is 2.08 bits per heavy atom. The van der Waals surface area contributed by atoms with E-state index in [1.807, 2.05) is 37.3 Å². The van der Waals surface area contributed by atoms with Crippen LogP contribution < -0.4 is 10.1 Å². The van der Waals surface area contributed by atoms with Crippen molar-refractivity contribution in [3.63, 3.8) is 0 Å². The third kappa shape index (κ3) is 3.59. The maximum absolute atomic E-state index is 12.4. The van der Waals surface area contributed by atoms with Gasteiger partial charge in [-0.2, -0.15) is 0 Å². The van der Waals surface area contributed by atoms with Crippen LogP contribution in [-0.2, 0) is 14.3 Å². The Balaban J connectivity index is 2.15. The van der Waals surface area contributed by atoms with Crippen LogP contribution >= 0.6 is 15.9 Å². The van der Waals surface area contributed by atoms with E-state index in [1.54, 1.807) is 13.2 Å². The molecule has 1 aliphatic rings. The van der Waals surface area contributed by atoms with Crippen LogP contribution in [0.1, 0.15) is 29.2 Å². The molecule has 3 rings (SSSR count). The smallest absolute Gasteiger partial charge is 0.306 e. The van der Waals surface area contributed by atoms with Crippen LogP contribution in [0.15, 0.2) is 40.9 Å². The van der Waals surface area contributed by atoms with Gasteiger partial charge in [-0.25, -0.2) is 0 Å². The van der Waals surface area contributed by atoms with Gasteiger partial charge in [0.15, 0.2) is 0 Å². The highest BCUT2D eigenvalue weighted by Gasteiger charge is 2.34. The maximum atomic E-state index is 12.4. The van der Waals surface area contributed by atoms with E-state index in [9.17, 15) is 9.59 Å². The summed E-state index contributed by atoms with van der Waals surface area (Å²) in [6.45, 7) is 1.90. The number of carboxylic acid groups (broad SMARTS) is 1. The van der Waals surface area contributed by atoms with Gasteiger partial charge in [-0.3, -0.25) is 9.59 Å². The lowest BCUT2D eigenvalue weighted by atomic mass is 9.95. The minimum atomic E-state index is -1.10. The fraction of sp³-hybridized carbons (Fsp3) is 0.263. The zero-order chi connectivity index (χ0) is 18.8. The molecular formula is C19H18BrNO5. The number of carboxylic acids is 1. The molecule has 2 aromatic rings. The zero-order valence-corrected chi connectivity index (χ0v) is 15.9. The van der Waals surface area contributed by atoms with Crippen molar-refractivity contribution >= 4 is 33.5 Å². The van der Waals surface area contributed by atoms with E-state index in [0.717, 1.165) is 21.2 Å². The first-order valence-electron chi connectivity index (χ1n) is 8.01. The third-order valence-electron chi connectivity index (χ3n) is 4.34. The fourth-order valence-corrected chi connectivity index (χ4v) is 3.43. The summed E-state index contributed by atoms with van der Waals surface area (Å²) in [5.74, 6) is -0.876. The Labute approximate surface area is 159 Å². The molecule has 2 N–H and O–H groups in total. The van der Waals surface area contributed by atoms with Crippen molar-refractivity contribution in [2.75, 3.05) is 12.4 Å². The van der Waals surface area contributed by atoms with Gasteiger partial charge >= 0.3 is 5.97 Å². The molecule has 0 bridgehead atoms. The molecule has 1 amide bonds. The van der Waals surface area contributed by atoms with Crippen molar-refractivity contribution < 1.29 is 24.2 Å². The topological polar surface area (TPSA) is 84.9 Å². The average Bonchev–Trinajstić information content (AvgIpc) is 2.72. The van der Waals surface area contributed by atoms with E-state index in [4.69, 9.17) is 14.6 Å². The number of carbonyl (C=O) groups is 2. The second kappa shape index (κ2) is 7.47. The number of anilines is 1. The van der Waals surface area contributed by atoms with E-state index in [0.29, 0.717) is 11.4 Å². The highest BCUT2D eigenvalue weighted by molar-refractivity contribution is 9.10. The summed E-state index contributed by atoms with van der Waals surface area (Å²) in [5.41, 5.74) is 3.03. The number of hydrogen-bond acceptors (Lipinski definition) is 4. The number of nitrogens with one attached hydrogen (secondary N) is 1. The number of amides is 1. The first-order chi connectivity index (χ1) is 12.4. The summed E-state index contributed by atoms with van der Waals surface area (Å²) < 4.78 is 12.2. The van der Waals surface area contributed by atoms with Gasteiger partial charge in [-0.05, 0) is 42.3 Å². The molecule has 1 aliphatic heterocycles. The van der Waals surface area contributed by atoms with Crippen molar-refractivity contribution in [1.29, 1.82) is 0 Å². The van der Waals surface area contributed by atoms with Crippen molar-refractivity contribution in [2.24, 2.45) is 0 Å². The number of aliphatic carboxylic acids is 1. The monoisotopic (exact) mass is 419 g/mol. The molecule has 0 unspecified atom stereocenters. The largest absolute Gasteiger partial charge is 0.496 e. The lowest BCUT2D eigenvalue weighted by molar-refractivity contribution is -0.146. The molecule has 6 nitrogen and oxygen atoms in total. The number of fused-ring (bicyclic) bond motifs is 1. The van der Waals surface area contributed by atoms with Crippen LogP contribution in [0.25, 0.3) is 0 Å². The number of methoxy groups -OCH3 is 1. The summed E-state index contributed by atoms with van der Waals surface area (Å²) in [6.07, 6.45) is -2.13. The van der Waals surface area contributed by atoms with E-state index in [2.05, 4.69) is 21.2 Å². The number of hydrogen-bond donors (Lipinski definition) is 2. The Morgan fingerprint density at radius 1 is 1.31 bits per heavy atom. The Morgan fingerprint density at radius 3 is 2.77 bits per heavy atom. The Kier molecular flexibility index (Phi) is 5.29. The number of rotatable bonds is 4. The summed E-state index contributed by atoms with van der Waals surface area (Å²) in [6, 6.07) is 11.0. The number of ether oxygens (including phenoxy) is 2. The second-order valence-corrected chi connectivity index (χ2v) is 6.91. The first-order valence-corrected chi connectivity index (χ1v) is 8.81. The summed E-state index contributed by atoms with van der Waals surface area (Å²) in [4.78, 5) is 23.6. The molecule has 0 radical (unpaired) electrons. The first kappa shape index (κ1) is 18.4. The van der Waals surface area contributed by atoms with Crippen LogP contribution in [0.3, 0.4) is 0 Å². The van der Waals surface area contributed by atoms with Crippen molar-refractivity contribution in [3.05, 3.63) is 57.6 Å². The summed E-state index contributed by atoms with van der Waals surface area (Å²) >= 11 is 3.45. The minimum absolute atomic E-state index is 0.416. The van der Waals surface area contributed by atoms with Gasteiger partial charge in [0, 0.05) is 15.7 Å². The van der Waals surface area contributed by atoms with E-state index < -0.39 is 30.5 Å². The van der Waals surface area contributed by atoms with E-state index in [1.165, 1.54) is 0 Å². The van der Waals surface area contributed by atoms with Crippen LogP contribution in [0, 0.1) is 6.92 Å². The summed E-state index contributed by atoms with van der Waals surface area (Å²) in [5, 5.41) is 11.9. The highest BCUT2D eigenvalue weighted by atomic mass is 79.9. The molecule has 0 spiro atoms. The maximum Gasteiger partial charge on any atom is 0.306 e. The van der Waals surface area contributed by atoms with E-state index in [-0.39, 0.29) is 0 Å². The second-order valence-electron chi connectivity index (χ2n) is 6.00. The summed E-state index contributed by atoms with van der Waals surface area (Å²) in [7, 11) is 1.59. The quantitative estimate of drug-likeness (QED) is 0.789.